The molecule has 0 atom stereocenters. The van der Waals surface area contributed by atoms with Gasteiger partial charge in [-0.2, -0.15) is 0 Å². The molecule has 134 valence electrons. The van der Waals surface area contributed by atoms with Crippen LogP contribution in [0.25, 0.3) is 11.1 Å². The summed E-state index contributed by atoms with van der Waals surface area (Å²) in [6.45, 7) is 0.552. The maximum atomic E-state index is 6.02. The predicted octanol–water partition coefficient (Wildman–Crippen LogP) is 3.46. The summed E-state index contributed by atoms with van der Waals surface area (Å²) in [4.78, 5) is 17.5. The predicted molar refractivity (Wildman–Crippen MR) is 104 cm³/mol. The van der Waals surface area contributed by atoms with Gasteiger partial charge >= 0.3 is 6.01 Å². The van der Waals surface area contributed by atoms with Gasteiger partial charge in [0, 0.05) is 21.8 Å². The summed E-state index contributed by atoms with van der Waals surface area (Å²) < 4.78 is 12.2. The van der Waals surface area contributed by atoms with Gasteiger partial charge in [-0.15, -0.1) is 11.8 Å². The summed E-state index contributed by atoms with van der Waals surface area (Å²) >= 11 is 4.98. The van der Waals surface area contributed by atoms with Gasteiger partial charge in [-0.1, -0.05) is 28.1 Å². The molecule has 0 fully saturated rings. The van der Waals surface area contributed by atoms with Crippen LogP contribution in [-0.2, 0) is 0 Å². The Labute approximate surface area is 163 Å². The average molecular weight is 434 g/mol. The van der Waals surface area contributed by atoms with Crippen molar-refractivity contribution in [2.24, 2.45) is 0 Å². The van der Waals surface area contributed by atoms with Crippen LogP contribution in [0.4, 0.5) is 5.82 Å². The molecule has 0 amide bonds. The van der Waals surface area contributed by atoms with Crippen molar-refractivity contribution < 1.29 is 9.47 Å². The van der Waals surface area contributed by atoms with Crippen LogP contribution in [0.15, 0.2) is 52.4 Å². The molecule has 7 nitrogen and oxygen atoms in total. The molecule has 1 aromatic carbocycles. The quantitative estimate of drug-likeness (QED) is 0.446. The Kier molecular flexibility index (Phi) is 6.24. The molecule has 0 radical (unpaired) electrons. The van der Waals surface area contributed by atoms with Gasteiger partial charge in [0.05, 0.1) is 5.56 Å². The van der Waals surface area contributed by atoms with E-state index in [4.69, 9.17) is 15.2 Å². The third-order valence-electron chi connectivity index (χ3n) is 3.37. The Morgan fingerprint density at radius 2 is 1.69 bits per heavy atom. The van der Waals surface area contributed by atoms with E-state index in [9.17, 15) is 0 Å². The highest BCUT2D eigenvalue weighted by Gasteiger charge is 2.13. The van der Waals surface area contributed by atoms with Gasteiger partial charge in [-0.25, -0.2) is 19.9 Å². The van der Waals surface area contributed by atoms with Crippen LogP contribution in [-0.4, -0.2) is 39.4 Å². The van der Waals surface area contributed by atoms with Gasteiger partial charge in [0.25, 0.3) is 0 Å². The standard InChI is InChI=1S/C17H16BrN5O2S/c1-26-13-8-20-17(21-9-13)25-7-6-24-16-14(15(19)22-10-23-16)11-2-4-12(18)5-3-11/h2-5,8-10H,6-7H2,1H3,(H2,19,22,23). The lowest BCUT2D eigenvalue weighted by Crippen LogP contribution is -2.12. The maximum absolute atomic E-state index is 6.02. The molecule has 3 aromatic rings. The zero-order chi connectivity index (χ0) is 18.4. The number of benzene rings is 1. The lowest BCUT2D eigenvalue weighted by atomic mass is 10.1. The van der Waals surface area contributed by atoms with Crippen LogP contribution in [0.2, 0.25) is 0 Å². The number of rotatable bonds is 7. The zero-order valence-corrected chi connectivity index (χ0v) is 16.3. The summed E-state index contributed by atoms with van der Waals surface area (Å²) in [7, 11) is 0. The summed E-state index contributed by atoms with van der Waals surface area (Å²) in [6.07, 6.45) is 6.76. The van der Waals surface area contributed by atoms with Crippen molar-refractivity contribution in [1.29, 1.82) is 0 Å². The Morgan fingerprint density at radius 3 is 2.38 bits per heavy atom. The molecule has 0 aliphatic carbocycles. The van der Waals surface area contributed by atoms with Crippen LogP contribution in [0, 0.1) is 0 Å². The van der Waals surface area contributed by atoms with Crippen molar-refractivity contribution in [3.05, 3.63) is 47.5 Å². The number of hydrogen-bond acceptors (Lipinski definition) is 8. The molecule has 2 N–H and O–H groups in total. The molecule has 2 heterocycles. The number of anilines is 1. The topological polar surface area (TPSA) is 96.0 Å². The fraction of sp³-hybridized carbons (Fsp3) is 0.176. The Hall–Kier alpha value is -2.39. The highest BCUT2D eigenvalue weighted by Crippen LogP contribution is 2.32. The minimum absolute atomic E-state index is 0.271. The third-order valence-corrected chi connectivity index (χ3v) is 4.58. The highest BCUT2D eigenvalue weighted by atomic mass is 79.9. The number of hydrogen-bond donors (Lipinski definition) is 1. The normalized spacial score (nSPS) is 10.5. The van der Waals surface area contributed by atoms with E-state index < -0.39 is 0 Å². The second-order valence-corrected chi connectivity index (χ2v) is 6.84. The van der Waals surface area contributed by atoms with Crippen molar-refractivity contribution >= 4 is 33.5 Å². The number of thioether (sulfide) groups is 1. The largest absolute Gasteiger partial charge is 0.473 e. The SMILES string of the molecule is CSc1cnc(OCCOc2ncnc(N)c2-c2ccc(Br)cc2)nc1. The minimum atomic E-state index is 0.271. The van der Waals surface area contributed by atoms with Crippen LogP contribution in [0.1, 0.15) is 0 Å². The Bertz CT molecular complexity index is 862. The first-order valence-corrected chi connectivity index (χ1v) is 9.67. The number of aromatic nitrogens is 4. The van der Waals surface area contributed by atoms with Gasteiger partial charge in [0.1, 0.15) is 25.4 Å². The first kappa shape index (κ1) is 18.4. The summed E-state index contributed by atoms with van der Waals surface area (Å²) in [6, 6.07) is 7.99. The zero-order valence-electron chi connectivity index (χ0n) is 13.9. The van der Waals surface area contributed by atoms with E-state index in [0.29, 0.717) is 23.3 Å². The molecule has 0 spiro atoms. The molecule has 0 aliphatic heterocycles. The summed E-state index contributed by atoms with van der Waals surface area (Å²) in [5, 5.41) is 0. The van der Waals surface area contributed by atoms with Crippen molar-refractivity contribution in [1.82, 2.24) is 19.9 Å². The number of nitrogens with two attached hydrogens (primary N) is 1. The smallest absolute Gasteiger partial charge is 0.316 e. The first-order chi connectivity index (χ1) is 12.7. The number of nitrogens with zero attached hydrogens (tertiary/aromatic N) is 4. The molecule has 0 saturated heterocycles. The van der Waals surface area contributed by atoms with E-state index in [0.717, 1.165) is 14.9 Å². The van der Waals surface area contributed by atoms with Gasteiger partial charge < -0.3 is 15.2 Å². The van der Waals surface area contributed by atoms with Crippen molar-refractivity contribution in [3.63, 3.8) is 0 Å². The van der Waals surface area contributed by atoms with Crippen LogP contribution in [0.5, 0.6) is 11.9 Å². The molecule has 0 saturated carbocycles. The minimum Gasteiger partial charge on any atom is -0.473 e. The van der Waals surface area contributed by atoms with Crippen molar-refractivity contribution in [3.8, 4) is 23.0 Å². The van der Waals surface area contributed by atoms with Crippen LogP contribution < -0.4 is 15.2 Å². The van der Waals surface area contributed by atoms with Gasteiger partial charge in [0.15, 0.2) is 0 Å². The van der Waals surface area contributed by atoms with Gasteiger partial charge in [-0.05, 0) is 24.0 Å². The molecular formula is C17H16BrN5O2S. The highest BCUT2D eigenvalue weighted by molar-refractivity contribution is 9.10. The number of halogens is 1. The molecule has 0 aliphatic rings. The fourth-order valence-corrected chi connectivity index (χ4v) is 2.72. The molecule has 3 rings (SSSR count). The maximum Gasteiger partial charge on any atom is 0.316 e. The molecule has 0 bridgehead atoms. The first-order valence-electron chi connectivity index (χ1n) is 7.65. The lowest BCUT2D eigenvalue weighted by Gasteiger charge is -2.12. The average Bonchev–Trinajstić information content (AvgIpc) is 2.67. The number of ether oxygens (including phenoxy) is 2. The van der Waals surface area contributed by atoms with E-state index in [-0.39, 0.29) is 13.2 Å². The van der Waals surface area contributed by atoms with E-state index in [1.54, 1.807) is 24.2 Å². The Balaban J connectivity index is 1.64. The van der Waals surface area contributed by atoms with Crippen LogP contribution >= 0.6 is 27.7 Å². The molecular weight excluding hydrogens is 418 g/mol. The molecule has 26 heavy (non-hydrogen) atoms. The fourth-order valence-electron chi connectivity index (χ4n) is 2.14. The third kappa shape index (κ3) is 4.61. The van der Waals surface area contributed by atoms with Crippen molar-refractivity contribution in [2.75, 3.05) is 25.2 Å². The Morgan fingerprint density at radius 1 is 1.00 bits per heavy atom. The second-order valence-electron chi connectivity index (χ2n) is 5.05. The van der Waals surface area contributed by atoms with E-state index >= 15 is 0 Å². The molecule has 9 heteroatoms. The summed E-state index contributed by atoms with van der Waals surface area (Å²) in [5.41, 5.74) is 7.54. The number of nitrogen functional groups attached to an aromatic ring is 1. The van der Waals surface area contributed by atoms with Gasteiger partial charge in [0.2, 0.25) is 5.88 Å². The van der Waals surface area contributed by atoms with Crippen molar-refractivity contribution in [2.45, 2.75) is 4.90 Å². The summed E-state index contributed by atoms with van der Waals surface area (Å²) in [5.74, 6) is 0.760. The lowest BCUT2D eigenvalue weighted by molar-refractivity contribution is 0.201. The van der Waals surface area contributed by atoms with Crippen LogP contribution in [0.3, 0.4) is 0 Å². The van der Waals surface area contributed by atoms with E-state index in [1.807, 2.05) is 30.5 Å². The molecule has 2 aromatic heterocycles. The van der Waals surface area contributed by atoms with E-state index in [2.05, 4.69) is 35.9 Å². The monoisotopic (exact) mass is 433 g/mol. The second kappa shape index (κ2) is 8.81. The van der Waals surface area contributed by atoms with E-state index in [1.165, 1.54) is 6.33 Å². The molecule has 0 unspecified atom stereocenters. The van der Waals surface area contributed by atoms with Gasteiger partial charge in [-0.3, -0.25) is 0 Å².